The van der Waals surface area contributed by atoms with E-state index in [1.807, 2.05) is 11.8 Å². The van der Waals surface area contributed by atoms with Gasteiger partial charge in [0, 0.05) is 4.88 Å². The number of amidine groups is 1. The van der Waals surface area contributed by atoms with Crippen LogP contribution in [0.15, 0.2) is 46.8 Å². The number of thioether (sulfide) groups is 1. The molecule has 1 aliphatic heterocycles. The number of hydrogen-bond acceptors (Lipinski definition) is 4. The smallest absolute Gasteiger partial charge is 0.157 e. The second-order valence-electron chi connectivity index (χ2n) is 4.54. The molecule has 0 saturated carbocycles. The summed E-state index contributed by atoms with van der Waals surface area (Å²) in [6, 6.07) is 12.8. The fourth-order valence-corrected chi connectivity index (χ4v) is 3.92. The van der Waals surface area contributed by atoms with Crippen LogP contribution in [0.1, 0.15) is 21.3 Å². The van der Waals surface area contributed by atoms with Gasteiger partial charge in [0.05, 0.1) is 18.3 Å². The zero-order valence-corrected chi connectivity index (χ0v) is 12.4. The van der Waals surface area contributed by atoms with Crippen LogP contribution in [-0.2, 0) is 6.54 Å². The minimum Gasteiger partial charge on any atom is -0.360 e. The molecule has 0 spiro atoms. The molecule has 19 heavy (non-hydrogen) atoms. The molecule has 2 heterocycles. The Bertz CT molecular complexity index is 575. The number of nitrogens with one attached hydrogen (secondary N) is 1. The third-order valence-electron chi connectivity index (χ3n) is 3.19. The highest BCUT2D eigenvalue weighted by Gasteiger charge is 2.20. The van der Waals surface area contributed by atoms with Crippen molar-refractivity contribution in [3.05, 3.63) is 57.8 Å². The van der Waals surface area contributed by atoms with Crippen LogP contribution in [0.3, 0.4) is 0 Å². The Morgan fingerprint density at radius 3 is 2.84 bits per heavy atom. The van der Waals surface area contributed by atoms with Crippen molar-refractivity contribution in [3.8, 4) is 0 Å². The van der Waals surface area contributed by atoms with Gasteiger partial charge in [-0.1, -0.05) is 42.1 Å². The van der Waals surface area contributed by atoms with Gasteiger partial charge in [-0.2, -0.15) is 0 Å². The van der Waals surface area contributed by atoms with Crippen LogP contribution in [0.25, 0.3) is 0 Å². The van der Waals surface area contributed by atoms with Gasteiger partial charge in [0.1, 0.15) is 0 Å². The van der Waals surface area contributed by atoms with Gasteiger partial charge in [-0.05, 0) is 29.5 Å². The van der Waals surface area contributed by atoms with E-state index < -0.39 is 0 Å². The third kappa shape index (κ3) is 3.01. The first-order valence-electron chi connectivity index (χ1n) is 6.36. The summed E-state index contributed by atoms with van der Waals surface area (Å²) >= 11 is 3.64. The minimum absolute atomic E-state index is 0.466. The number of aryl methyl sites for hydroxylation is 1. The lowest BCUT2D eigenvalue weighted by Gasteiger charge is -2.09. The van der Waals surface area contributed by atoms with E-state index in [2.05, 4.69) is 59.0 Å². The van der Waals surface area contributed by atoms with Crippen LogP contribution in [0.5, 0.6) is 0 Å². The molecule has 0 radical (unpaired) electrons. The molecule has 2 nitrogen and oxygen atoms in total. The first kappa shape index (κ1) is 12.8. The number of nitrogens with zero attached hydrogens (tertiary/aromatic N) is 1. The van der Waals surface area contributed by atoms with Crippen LogP contribution >= 0.6 is 23.1 Å². The van der Waals surface area contributed by atoms with Gasteiger partial charge in [0.15, 0.2) is 5.17 Å². The fourth-order valence-electron chi connectivity index (χ4n) is 2.05. The van der Waals surface area contributed by atoms with Gasteiger partial charge in [-0.25, -0.2) is 0 Å². The molecule has 3 rings (SSSR count). The first-order chi connectivity index (χ1) is 9.33. The lowest BCUT2D eigenvalue weighted by molar-refractivity contribution is 0.920. The largest absolute Gasteiger partial charge is 0.360 e. The summed E-state index contributed by atoms with van der Waals surface area (Å²) < 4.78 is 0. The summed E-state index contributed by atoms with van der Waals surface area (Å²) in [6.45, 7) is 3.92. The van der Waals surface area contributed by atoms with E-state index in [-0.39, 0.29) is 0 Å². The van der Waals surface area contributed by atoms with Gasteiger partial charge < -0.3 is 5.32 Å². The van der Waals surface area contributed by atoms with E-state index in [1.54, 1.807) is 11.3 Å². The van der Waals surface area contributed by atoms with Crippen molar-refractivity contribution in [3.63, 3.8) is 0 Å². The van der Waals surface area contributed by atoms with E-state index >= 15 is 0 Å². The topological polar surface area (TPSA) is 24.4 Å². The molecule has 0 bridgehead atoms. The average molecular weight is 288 g/mol. The second kappa shape index (κ2) is 5.80. The molecule has 2 aromatic rings. The maximum atomic E-state index is 4.60. The SMILES string of the molecule is Cc1ccsc1CNC1=NCC(c2ccccc2)S1. The van der Waals surface area contributed by atoms with Gasteiger partial charge in [-0.15, -0.1) is 11.3 Å². The van der Waals surface area contributed by atoms with Crippen molar-refractivity contribution in [2.45, 2.75) is 18.7 Å². The van der Waals surface area contributed by atoms with Crippen molar-refractivity contribution in [1.29, 1.82) is 0 Å². The number of hydrogen-bond donors (Lipinski definition) is 1. The van der Waals surface area contributed by atoms with Gasteiger partial charge in [0.2, 0.25) is 0 Å². The summed E-state index contributed by atoms with van der Waals surface area (Å²) in [4.78, 5) is 5.99. The molecule has 4 heteroatoms. The molecule has 0 aliphatic carbocycles. The molecular formula is C15H16N2S2. The van der Waals surface area contributed by atoms with Crippen molar-refractivity contribution in [1.82, 2.24) is 5.32 Å². The van der Waals surface area contributed by atoms with Gasteiger partial charge in [0.25, 0.3) is 0 Å². The van der Waals surface area contributed by atoms with Crippen LogP contribution in [0.2, 0.25) is 0 Å². The highest BCUT2D eigenvalue weighted by Crippen LogP contribution is 2.34. The van der Waals surface area contributed by atoms with Crippen molar-refractivity contribution in [2.75, 3.05) is 6.54 Å². The van der Waals surface area contributed by atoms with E-state index in [1.165, 1.54) is 16.0 Å². The zero-order chi connectivity index (χ0) is 13.1. The summed E-state index contributed by atoms with van der Waals surface area (Å²) in [5.41, 5.74) is 2.72. The van der Waals surface area contributed by atoms with Crippen molar-refractivity contribution < 1.29 is 0 Å². The van der Waals surface area contributed by atoms with Crippen LogP contribution in [0, 0.1) is 6.92 Å². The molecule has 0 amide bonds. The van der Waals surface area contributed by atoms with Crippen LogP contribution in [0.4, 0.5) is 0 Å². The maximum Gasteiger partial charge on any atom is 0.157 e. The number of thiophene rings is 1. The molecule has 1 N–H and O–H groups in total. The second-order valence-corrected chi connectivity index (χ2v) is 6.74. The lowest BCUT2D eigenvalue weighted by Crippen LogP contribution is -2.18. The third-order valence-corrected chi connectivity index (χ3v) is 5.42. The number of aliphatic imine (C=N–C) groups is 1. The predicted octanol–water partition coefficient (Wildman–Crippen LogP) is 3.99. The standard InChI is InChI=1S/C15H16N2S2/c1-11-7-8-18-13(11)9-16-15-17-10-14(19-15)12-5-3-2-4-6-12/h2-8,14H,9-10H2,1H3,(H,16,17). The maximum absolute atomic E-state index is 4.60. The molecule has 0 saturated heterocycles. The number of rotatable bonds is 3. The van der Waals surface area contributed by atoms with E-state index in [9.17, 15) is 0 Å². The fraction of sp³-hybridized carbons (Fsp3) is 0.267. The molecule has 0 fully saturated rings. The quantitative estimate of drug-likeness (QED) is 0.923. The average Bonchev–Trinajstić information content (AvgIpc) is 3.06. The lowest BCUT2D eigenvalue weighted by atomic mass is 10.1. The minimum atomic E-state index is 0.466. The van der Waals surface area contributed by atoms with E-state index in [0.29, 0.717) is 5.25 Å². The molecular weight excluding hydrogens is 272 g/mol. The van der Waals surface area contributed by atoms with Gasteiger partial charge in [-0.3, -0.25) is 4.99 Å². The summed E-state index contributed by atoms with van der Waals surface area (Å²) in [7, 11) is 0. The Morgan fingerprint density at radius 2 is 2.11 bits per heavy atom. The van der Waals surface area contributed by atoms with E-state index in [4.69, 9.17) is 0 Å². The highest BCUT2D eigenvalue weighted by molar-refractivity contribution is 8.14. The van der Waals surface area contributed by atoms with Crippen molar-refractivity contribution in [2.24, 2.45) is 4.99 Å². The molecule has 1 aromatic heterocycles. The predicted molar refractivity (Wildman–Crippen MR) is 85.0 cm³/mol. The first-order valence-corrected chi connectivity index (χ1v) is 8.12. The molecule has 98 valence electrons. The monoisotopic (exact) mass is 288 g/mol. The Kier molecular flexibility index (Phi) is 3.89. The Morgan fingerprint density at radius 1 is 1.26 bits per heavy atom. The summed E-state index contributed by atoms with van der Waals surface area (Å²) in [6.07, 6.45) is 0. The number of benzene rings is 1. The highest BCUT2D eigenvalue weighted by atomic mass is 32.2. The van der Waals surface area contributed by atoms with Crippen LogP contribution in [-0.4, -0.2) is 11.7 Å². The Hall–Kier alpha value is -1.26. The van der Waals surface area contributed by atoms with E-state index in [0.717, 1.165) is 18.3 Å². The Labute approximate surface area is 122 Å². The summed E-state index contributed by atoms with van der Waals surface area (Å²) in [5, 5.41) is 7.13. The zero-order valence-electron chi connectivity index (χ0n) is 10.8. The normalized spacial score (nSPS) is 18.4. The Balaban J connectivity index is 1.56. The van der Waals surface area contributed by atoms with Gasteiger partial charge >= 0.3 is 0 Å². The molecule has 1 unspecified atom stereocenters. The van der Waals surface area contributed by atoms with Crippen LogP contribution < -0.4 is 5.32 Å². The van der Waals surface area contributed by atoms with Crippen molar-refractivity contribution >= 4 is 28.3 Å². The summed E-state index contributed by atoms with van der Waals surface area (Å²) in [5.74, 6) is 0. The molecule has 1 aliphatic rings. The molecule has 1 aromatic carbocycles. The molecule has 1 atom stereocenters.